The number of nitrogens with zero attached hydrogens (tertiary/aromatic N) is 6. The predicted octanol–water partition coefficient (Wildman–Crippen LogP) is 5.57. The first kappa shape index (κ1) is 25.0. The van der Waals surface area contributed by atoms with Crippen molar-refractivity contribution in [2.45, 2.75) is 51.2 Å². The Morgan fingerprint density at radius 3 is 2.57 bits per heavy atom. The van der Waals surface area contributed by atoms with Gasteiger partial charge in [0.25, 0.3) is 0 Å². The molecule has 1 saturated heterocycles. The molecule has 3 heterocycles. The third-order valence-electron chi connectivity index (χ3n) is 7.14. The van der Waals surface area contributed by atoms with Gasteiger partial charge in [-0.15, -0.1) is 5.10 Å². The first-order valence-corrected chi connectivity index (χ1v) is 12.9. The van der Waals surface area contributed by atoms with E-state index in [1.54, 1.807) is 0 Å². The number of aromatic nitrogens is 4. The van der Waals surface area contributed by atoms with Crippen molar-refractivity contribution >= 4 is 33.9 Å². The number of nitrogens with two attached hydrogens (primary N) is 1. The minimum atomic E-state index is -0.258. The Morgan fingerprint density at radius 1 is 1.16 bits per heavy atom. The van der Waals surface area contributed by atoms with E-state index < -0.39 is 0 Å². The number of hydrogen-bond acceptors (Lipinski definition) is 7. The molecule has 8 nitrogen and oxygen atoms in total. The summed E-state index contributed by atoms with van der Waals surface area (Å²) in [5.41, 5.74) is 10.3. The number of halogens is 1. The largest absolute Gasteiger partial charge is 0.397 e. The van der Waals surface area contributed by atoms with Crippen molar-refractivity contribution in [2.75, 3.05) is 24.1 Å². The first-order chi connectivity index (χ1) is 17.7. The van der Waals surface area contributed by atoms with Gasteiger partial charge in [0.1, 0.15) is 11.8 Å². The second kappa shape index (κ2) is 10.0. The Bertz CT molecular complexity index is 1440. The molecule has 1 aliphatic rings. The van der Waals surface area contributed by atoms with Gasteiger partial charge in [0.15, 0.2) is 0 Å². The van der Waals surface area contributed by atoms with E-state index >= 15 is 0 Å². The van der Waals surface area contributed by atoms with Crippen molar-refractivity contribution in [2.24, 2.45) is 0 Å². The zero-order valence-corrected chi connectivity index (χ0v) is 22.1. The Morgan fingerprint density at radius 2 is 1.89 bits per heavy atom. The highest BCUT2D eigenvalue weighted by molar-refractivity contribution is 6.35. The molecule has 37 heavy (non-hydrogen) atoms. The molecule has 2 aromatic heterocycles. The molecule has 1 unspecified atom stereocenters. The van der Waals surface area contributed by atoms with E-state index in [1.807, 2.05) is 35.0 Å². The molecule has 0 saturated carbocycles. The lowest BCUT2D eigenvalue weighted by molar-refractivity contribution is 0.0866. The van der Waals surface area contributed by atoms with Gasteiger partial charge in [0, 0.05) is 35.9 Å². The molecule has 4 aromatic rings. The number of hydrogen-bond donors (Lipinski definition) is 2. The quantitative estimate of drug-likeness (QED) is 0.358. The fourth-order valence-corrected chi connectivity index (χ4v) is 5.26. The van der Waals surface area contributed by atoms with Crippen LogP contribution in [0.15, 0.2) is 54.9 Å². The Labute approximate surface area is 222 Å². The van der Waals surface area contributed by atoms with E-state index in [0.29, 0.717) is 33.2 Å². The van der Waals surface area contributed by atoms with E-state index in [9.17, 15) is 5.26 Å². The van der Waals surface area contributed by atoms with Gasteiger partial charge in [0.2, 0.25) is 0 Å². The normalized spacial score (nSPS) is 16.0. The molecule has 9 heteroatoms. The minimum absolute atomic E-state index is 0.175. The summed E-state index contributed by atoms with van der Waals surface area (Å²) in [6.45, 7) is 8.88. The molecule has 1 aliphatic heterocycles. The van der Waals surface area contributed by atoms with Gasteiger partial charge < -0.3 is 11.1 Å². The SMILES string of the molecule is CC(C)(C)N1CCC(n2cc(C(Nc3cc(Cl)c4ncc(C#N)c(N)c4c3)c3ccccc3)nn2)CC1. The highest BCUT2D eigenvalue weighted by atomic mass is 35.5. The van der Waals surface area contributed by atoms with Gasteiger partial charge in [-0.3, -0.25) is 9.88 Å². The number of nitrogen functional groups attached to an aromatic ring is 1. The number of rotatable bonds is 5. The molecule has 2 aromatic carbocycles. The fraction of sp³-hybridized carbons (Fsp3) is 0.357. The van der Waals surface area contributed by atoms with Crippen LogP contribution >= 0.6 is 11.6 Å². The molecular formula is C28H31ClN8. The van der Waals surface area contributed by atoms with Gasteiger partial charge in [0.05, 0.1) is 40.1 Å². The standard InChI is InChI=1S/C28H31ClN8/c1-28(2,3)36-11-9-21(10-12-36)37-17-24(34-35-37)26(18-7-5-4-6-8-18)33-20-13-22-25(31)19(15-30)16-32-27(22)23(29)14-20/h4-8,13-14,16-17,21,26,33H,9-12H2,1-3H3,(H2,31,32). The minimum Gasteiger partial charge on any atom is -0.397 e. The number of anilines is 2. The molecule has 5 rings (SSSR count). The van der Waals surface area contributed by atoms with E-state index in [1.165, 1.54) is 6.20 Å². The second-order valence-corrected chi connectivity index (χ2v) is 11.0. The Hall–Kier alpha value is -3.67. The number of likely N-dealkylation sites (tertiary alicyclic amines) is 1. The van der Waals surface area contributed by atoms with E-state index in [0.717, 1.165) is 42.9 Å². The van der Waals surface area contributed by atoms with Gasteiger partial charge in [-0.1, -0.05) is 47.1 Å². The maximum Gasteiger partial charge on any atom is 0.109 e. The summed E-state index contributed by atoms with van der Waals surface area (Å²) >= 11 is 6.58. The van der Waals surface area contributed by atoms with E-state index in [-0.39, 0.29) is 11.6 Å². The highest BCUT2D eigenvalue weighted by Gasteiger charge is 2.29. The summed E-state index contributed by atoms with van der Waals surface area (Å²) in [4.78, 5) is 6.86. The van der Waals surface area contributed by atoms with Crippen LogP contribution in [0, 0.1) is 11.3 Å². The third kappa shape index (κ3) is 5.10. The lowest BCUT2D eigenvalue weighted by Gasteiger charge is -2.40. The lowest BCUT2D eigenvalue weighted by Crippen LogP contribution is -2.46. The summed E-state index contributed by atoms with van der Waals surface area (Å²) in [5.74, 6) is 0. The molecule has 0 spiro atoms. The average molecular weight is 515 g/mol. The smallest absolute Gasteiger partial charge is 0.109 e. The Kier molecular flexibility index (Phi) is 6.76. The van der Waals surface area contributed by atoms with Crippen molar-refractivity contribution in [1.29, 1.82) is 5.26 Å². The van der Waals surface area contributed by atoms with Crippen LogP contribution in [-0.4, -0.2) is 43.5 Å². The molecular weight excluding hydrogens is 484 g/mol. The molecule has 0 aliphatic carbocycles. The monoisotopic (exact) mass is 514 g/mol. The maximum atomic E-state index is 9.38. The molecule has 3 N–H and O–H groups in total. The van der Waals surface area contributed by atoms with Gasteiger partial charge in [-0.2, -0.15) is 5.26 Å². The Balaban J connectivity index is 1.46. The van der Waals surface area contributed by atoms with Crippen molar-refractivity contribution in [3.8, 4) is 6.07 Å². The number of fused-ring (bicyclic) bond motifs is 1. The van der Waals surface area contributed by atoms with Crippen LogP contribution in [0.2, 0.25) is 5.02 Å². The zero-order chi connectivity index (χ0) is 26.2. The van der Waals surface area contributed by atoms with Crippen molar-refractivity contribution < 1.29 is 0 Å². The van der Waals surface area contributed by atoms with Crippen LogP contribution in [0.5, 0.6) is 0 Å². The van der Waals surface area contributed by atoms with Crippen molar-refractivity contribution in [3.05, 3.63) is 76.7 Å². The summed E-state index contributed by atoms with van der Waals surface area (Å²) in [5, 5.41) is 23.2. The van der Waals surface area contributed by atoms with E-state index in [2.05, 4.69) is 70.7 Å². The van der Waals surface area contributed by atoms with E-state index in [4.69, 9.17) is 17.3 Å². The second-order valence-electron chi connectivity index (χ2n) is 10.6. The van der Waals surface area contributed by atoms with Crippen LogP contribution in [0.3, 0.4) is 0 Å². The van der Waals surface area contributed by atoms with Gasteiger partial charge in [-0.25, -0.2) is 4.68 Å². The predicted molar refractivity (Wildman–Crippen MR) is 147 cm³/mol. The molecule has 0 bridgehead atoms. The zero-order valence-electron chi connectivity index (χ0n) is 21.3. The number of piperidine rings is 1. The average Bonchev–Trinajstić information content (AvgIpc) is 3.38. The fourth-order valence-electron chi connectivity index (χ4n) is 4.99. The number of nitrogens with one attached hydrogen (secondary N) is 1. The van der Waals surface area contributed by atoms with Crippen LogP contribution in [-0.2, 0) is 0 Å². The highest BCUT2D eigenvalue weighted by Crippen LogP contribution is 2.34. The summed E-state index contributed by atoms with van der Waals surface area (Å²) in [7, 11) is 0. The lowest BCUT2D eigenvalue weighted by atomic mass is 9.98. The summed E-state index contributed by atoms with van der Waals surface area (Å²) in [6.07, 6.45) is 5.58. The van der Waals surface area contributed by atoms with Gasteiger partial charge >= 0.3 is 0 Å². The molecule has 0 amide bonds. The summed E-state index contributed by atoms with van der Waals surface area (Å²) in [6, 6.07) is 16.0. The number of pyridine rings is 1. The molecule has 190 valence electrons. The van der Waals surface area contributed by atoms with Crippen LogP contribution in [0.1, 0.15) is 62.5 Å². The number of nitriles is 1. The molecule has 1 fully saturated rings. The third-order valence-corrected chi connectivity index (χ3v) is 7.43. The van der Waals surface area contributed by atoms with Crippen molar-refractivity contribution in [1.82, 2.24) is 24.9 Å². The molecule has 0 radical (unpaired) electrons. The topological polar surface area (TPSA) is 109 Å². The number of benzene rings is 2. The maximum absolute atomic E-state index is 9.38. The summed E-state index contributed by atoms with van der Waals surface area (Å²) < 4.78 is 2.02. The van der Waals surface area contributed by atoms with Crippen LogP contribution in [0.25, 0.3) is 10.9 Å². The first-order valence-electron chi connectivity index (χ1n) is 12.5. The van der Waals surface area contributed by atoms with Gasteiger partial charge in [-0.05, 0) is 51.3 Å². The van der Waals surface area contributed by atoms with Crippen LogP contribution in [0.4, 0.5) is 11.4 Å². The molecule has 1 atom stereocenters. The van der Waals surface area contributed by atoms with Crippen molar-refractivity contribution in [3.63, 3.8) is 0 Å². The van der Waals surface area contributed by atoms with Crippen LogP contribution < -0.4 is 11.1 Å².